The quantitative estimate of drug-likeness (QED) is 0.492. The van der Waals surface area contributed by atoms with Crippen LogP contribution in [0.15, 0.2) is 58.7 Å². The van der Waals surface area contributed by atoms with E-state index in [0.29, 0.717) is 42.2 Å². The molecule has 0 saturated carbocycles. The molecule has 4 rings (SSSR count). The van der Waals surface area contributed by atoms with E-state index < -0.39 is 11.8 Å². The molecule has 3 atom stereocenters. The second-order valence-corrected chi connectivity index (χ2v) is 9.24. The fourth-order valence-electron chi connectivity index (χ4n) is 5.27. The zero-order valence-corrected chi connectivity index (χ0v) is 21.1. The van der Waals surface area contributed by atoms with Gasteiger partial charge in [0.05, 0.1) is 20.8 Å². The largest absolute Gasteiger partial charge is 0.493 e. The number of Topliss-reactive ketones (excluding diaryl/α,β-unsaturated/α-hetero) is 1. The molecule has 0 radical (unpaired) electrons. The van der Waals surface area contributed by atoms with E-state index in [1.807, 2.05) is 63.2 Å². The summed E-state index contributed by atoms with van der Waals surface area (Å²) in [6, 6.07) is 13.7. The molecule has 1 unspecified atom stereocenters. The highest BCUT2D eigenvalue weighted by Crippen LogP contribution is 2.48. The van der Waals surface area contributed by atoms with Gasteiger partial charge >= 0.3 is 5.97 Å². The first kappa shape index (κ1) is 24.7. The number of benzene rings is 2. The fourth-order valence-corrected chi connectivity index (χ4v) is 5.27. The molecule has 0 saturated heterocycles. The van der Waals surface area contributed by atoms with Crippen molar-refractivity contribution in [3.63, 3.8) is 0 Å². The van der Waals surface area contributed by atoms with Crippen LogP contribution in [0.1, 0.15) is 61.6 Å². The van der Waals surface area contributed by atoms with Gasteiger partial charge < -0.3 is 14.2 Å². The van der Waals surface area contributed by atoms with Crippen molar-refractivity contribution in [3.05, 3.63) is 70.4 Å². The summed E-state index contributed by atoms with van der Waals surface area (Å²) in [6.07, 6.45) is 1.71. The van der Waals surface area contributed by atoms with Gasteiger partial charge in [-0.25, -0.2) is 0 Å². The molecule has 35 heavy (non-hydrogen) atoms. The van der Waals surface area contributed by atoms with Gasteiger partial charge in [0.25, 0.3) is 0 Å². The number of aliphatic imine (C=N–C) groups is 1. The molecular weight excluding hydrogens is 442 g/mol. The highest BCUT2D eigenvalue weighted by molar-refractivity contribution is 6.09. The maximum absolute atomic E-state index is 13.7. The molecule has 0 bridgehead atoms. The number of aryl methyl sites for hydroxylation is 1. The van der Waals surface area contributed by atoms with Gasteiger partial charge in [0.15, 0.2) is 17.3 Å². The first-order valence-electron chi connectivity index (χ1n) is 12.1. The Kier molecular flexibility index (Phi) is 7.39. The summed E-state index contributed by atoms with van der Waals surface area (Å²) < 4.78 is 16.4. The number of methoxy groups -OCH3 is 2. The molecule has 184 valence electrons. The lowest BCUT2D eigenvalue weighted by molar-refractivity contribution is -0.146. The lowest BCUT2D eigenvalue weighted by atomic mass is 9.68. The Morgan fingerprint density at radius 1 is 1.03 bits per heavy atom. The Bertz CT molecular complexity index is 1200. The number of ketones is 1. The molecular formula is C29H33NO5. The Morgan fingerprint density at radius 3 is 2.46 bits per heavy atom. The molecule has 0 N–H and O–H groups in total. The van der Waals surface area contributed by atoms with E-state index in [0.717, 1.165) is 28.8 Å². The van der Waals surface area contributed by atoms with Gasteiger partial charge in [-0.2, -0.15) is 0 Å². The first-order valence-corrected chi connectivity index (χ1v) is 12.1. The monoisotopic (exact) mass is 475 g/mol. The van der Waals surface area contributed by atoms with Crippen LogP contribution >= 0.6 is 0 Å². The normalized spacial score (nSPS) is 21.8. The number of allylic oxidation sites excluding steroid dienone is 2. The molecule has 0 aromatic heterocycles. The van der Waals surface area contributed by atoms with Crippen LogP contribution in [0.25, 0.3) is 0 Å². The Labute approximate surface area is 207 Å². The topological polar surface area (TPSA) is 74.2 Å². The minimum Gasteiger partial charge on any atom is -0.493 e. The molecule has 1 heterocycles. The van der Waals surface area contributed by atoms with Crippen LogP contribution in [0.5, 0.6) is 11.5 Å². The third-order valence-corrected chi connectivity index (χ3v) is 6.99. The van der Waals surface area contributed by atoms with E-state index in [1.54, 1.807) is 14.2 Å². The van der Waals surface area contributed by atoms with Gasteiger partial charge in [0, 0.05) is 29.3 Å². The summed E-state index contributed by atoms with van der Waals surface area (Å²) in [6.45, 7) is 6.21. The number of ether oxygens (including phenoxy) is 3. The average molecular weight is 476 g/mol. The van der Waals surface area contributed by atoms with Crippen molar-refractivity contribution in [2.24, 2.45) is 10.9 Å². The minimum absolute atomic E-state index is 0.0290. The van der Waals surface area contributed by atoms with Crippen LogP contribution in [0.3, 0.4) is 0 Å². The van der Waals surface area contributed by atoms with Crippen molar-refractivity contribution in [1.29, 1.82) is 0 Å². The number of hydrogen-bond acceptors (Lipinski definition) is 6. The van der Waals surface area contributed by atoms with Gasteiger partial charge in [0.1, 0.15) is 5.92 Å². The van der Waals surface area contributed by atoms with Crippen LogP contribution in [0.4, 0.5) is 0 Å². The SMILES string of the molecule is CCCOC(=O)C1C(C)=NC2=C(C(=O)C[C@H](c3ccc(OC)c(OC)c3)C2)[C@@H]1c1ccccc1C. The maximum Gasteiger partial charge on any atom is 0.315 e. The molecule has 6 nitrogen and oxygen atoms in total. The van der Waals surface area contributed by atoms with Gasteiger partial charge in [-0.05, 0) is 61.4 Å². The van der Waals surface area contributed by atoms with Gasteiger partial charge in [-0.3, -0.25) is 14.6 Å². The molecule has 0 amide bonds. The lowest BCUT2D eigenvalue weighted by Crippen LogP contribution is -2.38. The predicted octanol–water partition coefficient (Wildman–Crippen LogP) is 5.54. The van der Waals surface area contributed by atoms with E-state index in [9.17, 15) is 9.59 Å². The van der Waals surface area contributed by atoms with Crippen LogP contribution in [-0.2, 0) is 14.3 Å². The predicted molar refractivity (Wildman–Crippen MR) is 135 cm³/mol. The van der Waals surface area contributed by atoms with E-state index in [-0.39, 0.29) is 17.7 Å². The molecule has 0 spiro atoms. The smallest absolute Gasteiger partial charge is 0.315 e. The van der Waals surface area contributed by atoms with Crippen molar-refractivity contribution < 1.29 is 23.8 Å². The molecule has 2 aromatic rings. The highest BCUT2D eigenvalue weighted by atomic mass is 16.5. The van der Waals surface area contributed by atoms with E-state index in [1.165, 1.54) is 0 Å². The molecule has 6 heteroatoms. The summed E-state index contributed by atoms with van der Waals surface area (Å²) in [7, 11) is 3.21. The molecule has 0 fully saturated rings. The van der Waals surface area contributed by atoms with E-state index in [4.69, 9.17) is 19.2 Å². The second kappa shape index (κ2) is 10.5. The zero-order valence-electron chi connectivity index (χ0n) is 21.1. The fraction of sp³-hybridized carbons (Fsp3) is 0.414. The van der Waals surface area contributed by atoms with Crippen molar-refractivity contribution >= 4 is 17.5 Å². The zero-order chi connectivity index (χ0) is 25.1. The molecule has 1 aliphatic carbocycles. The van der Waals surface area contributed by atoms with Gasteiger partial charge in [0.2, 0.25) is 0 Å². The average Bonchev–Trinajstić information content (AvgIpc) is 2.86. The van der Waals surface area contributed by atoms with Crippen molar-refractivity contribution in [2.75, 3.05) is 20.8 Å². The third-order valence-electron chi connectivity index (χ3n) is 6.99. The lowest BCUT2D eigenvalue weighted by Gasteiger charge is -2.37. The molecule has 2 aliphatic rings. The third kappa shape index (κ3) is 4.75. The van der Waals surface area contributed by atoms with Crippen LogP contribution in [0, 0.1) is 12.8 Å². The van der Waals surface area contributed by atoms with E-state index >= 15 is 0 Å². The van der Waals surface area contributed by atoms with Crippen LogP contribution < -0.4 is 9.47 Å². The van der Waals surface area contributed by atoms with Gasteiger partial charge in [-0.15, -0.1) is 0 Å². The maximum atomic E-state index is 13.7. The number of esters is 1. The van der Waals surface area contributed by atoms with Crippen molar-refractivity contribution in [1.82, 2.24) is 0 Å². The number of rotatable bonds is 7. The van der Waals surface area contributed by atoms with Gasteiger partial charge in [-0.1, -0.05) is 37.3 Å². The summed E-state index contributed by atoms with van der Waals surface area (Å²) in [5.41, 5.74) is 5.14. The molecule has 1 aliphatic heterocycles. The standard InChI is InChI=1S/C29H33NO5/c1-6-13-35-29(32)26-18(3)30-22-14-20(19-11-12-24(33-4)25(16-19)34-5)15-23(31)28(22)27(26)21-10-8-7-9-17(21)2/h7-12,16,20,26-27H,6,13-15H2,1-5H3/t20-,26?,27-/m1/s1. The van der Waals surface area contributed by atoms with Crippen molar-refractivity contribution in [3.8, 4) is 11.5 Å². The highest BCUT2D eigenvalue weighted by Gasteiger charge is 2.45. The number of carbonyl (C=O) groups excluding carboxylic acids is 2. The number of hydrogen-bond donors (Lipinski definition) is 0. The van der Waals surface area contributed by atoms with E-state index in [2.05, 4.69) is 0 Å². The number of nitrogens with zero attached hydrogens (tertiary/aromatic N) is 1. The second-order valence-electron chi connectivity index (χ2n) is 9.24. The summed E-state index contributed by atoms with van der Waals surface area (Å²) in [4.78, 5) is 31.8. The Balaban J connectivity index is 1.77. The number of carbonyl (C=O) groups is 2. The molecule has 2 aromatic carbocycles. The Morgan fingerprint density at radius 2 is 1.77 bits per heavy atom. The summed E-state index contributed by atoms with van der Waals surface area (Å²) in [5, 5.41) is 0. The summed E-state index contributed by atoms with van der Waals surface area (Å²) in [5.74, 6) is -0.0323. The van der Waals surface area contributed by atoms with Crippen molar-refractivity contribution in [2.45, 2.75) is 51.9 Å². The minimum atomic E-state index is -0.608. The summed E-state index contributed by atoms with van der Waals surface area (Å²) >= 11 is 0. The Hall–Kier alpha value is -3.41. The first-order chi connectivity index (χ1) is 16.9. The van der Waals surface area contributed by atoms with Crippen LogP contribution in [-0.4, -0.2) is 38.3 Å². The van der Waals surface area contributed by atoms with Crippen LogP contribution in [0.2, 0.25) is 0 Å².